The molecule has 0 fully saturated rings. The van der Waals surface area contributed by atoms with Gasteiger partial charge in [0.1, 0.15) is 0 Å². The first-order valence-corrected chi connectivity index (χ1v) is 5.54. The van der Waals surface area contributed by atoms with Gasteiger partial charge in [-0.3, -0.25) is 5.10 Å². The van der Waals surface area contributed by atoms with Gasteiger partial charge in [-0.25, -0.2) is 0 Å². The summed E-state index contributed by atoms with van der Waals surface area (Å²) in [6.07, 6.45) is 1.85. The number of halogens is 1. The van der Waals surface area contributed by atoms with E-state index < -0.39 is 0 Å². The van der Waals surface area contributed by atoms with Crippen molar-refractivity contribution in [2.75, 3.05) is 7.05 Å². The summed E-state index contributed by atoms with van der Waals surface area (Å²) in [6.45, 7) is 0.813. The Morgan fingerprint density at radius 2 is 2.20 bits per heavy atom. The van der Waals surface area contributed by atoms with E-state index in [2.05, 4.69) is 37.5 Å². The fourth-order valence-corrected chi connectivity index (χ4v) is 2.02. The van der Waals surface area contributed by atoms with Crippen LogP contribution in [0.1, 0.15) is 5.56 Å². The zero-order valence-corrected chi connectivity index (χ0v) is 10.0. The first kappa shape index (κ1) is 10.4. The van der Waals surface area contributed by atoms with Crippen LogP contribution in [0, 0.1) is 0 Å². The van der Waals surface area contributed by atoms with Gasteiger partial charge in [0.2, 0.25) is 0 Å². The molecule has 0 aliphatic heterocycles. The highest BCUT2D eigenvalue weighted by atomic mass is 79.9. The van der Waals surface area contributed by atoms with Crippen LogP contribution in [0.15, 0.2) is 34.9 Å². The van der Waals surface area contributed by atoms with E-state index >= 15 is 0 Å². The van der Waals surface area contributed by atoms with E-state index in [1.54, 1.807) is 0 Å². The lowest BCUT2D eigenvalue weighted by atomic mass is 10.1. The highest BCUT2D eigenvalue weighted by Crippen LogP contribution is 2.28. The third-order valence-corrected chi connectivity index (χ3v) is 2.92. The fourth-order valence-electron chi connectivity index (χ4n) is 1.53. The first-order valence-electron chi connectivity index (χ1n) is 4.74. The largest absolute Gasteiger partial charge is 0.316 e. The Morgan fingerprint density at radius 1 is 1.40 bits per heavy atom. The molecule has 0 atom stereocenters. The predicted octanol–water partition coefficient (Wildman–Crippen LogP) is 2.56. The standard InChI is InChI=1S/C11H12BrN3/c1-13-6-8-7-14-15-11(8)9-4-2-3-5-10(9)12/h2-5,7,13H,6H2,1H3,(H,14,15). The molecule has 3 nitrogen and oxygen atoms in total. The van der Waals surface area contributed by atoms with Gasteiger partial charge < -0.3 is 5.32 Å². The maximum atomic E-state index is 4.07. The van der Waals surface area contributed by atoms with E-state index in [4.69, 9.17) is 0 Å². The molecule has 15 heavy (non-hydrogen) atoms. The lowest BCUT2D eigenvalue weighted by molar-refractivity contribution is 0.820. The van der Waals surface area contributed by atoms with E-state index in [0.29, 0.717) is 0 Å². The lowest BCUT2D eigenvalue weighted by Gasteiger charge is -2.04. The Kier molecular flexibility index (Phi) is 3.18. The predicted molar refractivity (Wildman–Crippen MR) is 64.5 cm³/mol. The topological polar surface area (TPSA) is 40.7 Å². The monoisotopic (exact) mass is 265 g/mol. The molecule has 1 aromatic carbocycles. The summed E-state index contributed by atoms with van der Waals surface area (Å²) in [7, 11) is 1.93. The van der Waals surface area contributed by atoms with E-state index in [9.17, 15) is 0 Å². The van der Waals surface area contributed by atoms with Crippen molar-refractivity contribution in [1.82, 2.24) is 15.5 Å². The van der Waals surface area contributed by atoms with Crippen LogP contribution in [0.25, 0.3) is 11.3 Å². The van der Waals surface area contributed by atoms with Crippen molar-refractivity contribution in [2.45, 2.75) is 6.54 Å². The van der Waals surface area contributed by atoms with Crippen LogP contribution < -0.4 is 5.32 Å². The maximum Gasteiger partial charge on any atom is 0.0706 e. The molecular weight excluding hydrogens is 254 g/mol. The van der Waals surface area contributed by atoms with Crippen LogP contribution in [0.3, 0.4) is 0 Å². The molecule has 0 radical (unpaired) electrons. The summed E-state index contributed by atoms with van der Waals surface area (Å²) >= 11 is 3.53. The van der Waals surface area contributed by atoms with Gasteiger partial charge in [-0.2, -0.15) is 5.10 Å². The van der Waals surface area contributed by atoms with Gasteiger partial charge in [-0.15, -0.1) is 0 Å². The summed E-state index contributed by atoms with van der Waals surface area (Å²) in [5.74, 6) is 0. The molecular formula is C11H12BrN3. The molecule has 0 saturated heterocycles. The number of nitrogens with one attached hydrogen (secondary N) is 2. The smallest absolute Gasteiger partial charge is 0.0706 e. The second-order valence-electron chi connectivity index (χ2n) is 3.28. The van der Waals surface area contributed by atoms with Crippen LogP contribution in [-0.2, 0) is 6.54 Å². The summed E-state index contributed by atoms with van der Waals surface area (Å²) in [5.41, 5.74) is 3.38. The van der Waals surface area contributed by atoms with Gasteiger partial charge in [-0.05, 0) is 13.1 Å². The van der Waals surface area contributed by atoms with Gasteiger partial charge >= 0.3 is 0 Å². The van der Waals surface area contributed by atoms with E-state index in [1.807, 2.05) is 31.4 Å². The number of aromatic nitrogens is 2. The van der Waals surface area contributed by atoms with Crippen molar-refractivity contribution in [3.63, 3.8) is 0 Å². The second kappa shape index (κ2) is 4.59. The average molecular weight is 266 g/mol. The van der Waals surface area contributed by atoms with Gasteiger partial charge in [0, 0.05) is 22.1 Å². The highest BCUT2D eigenvalue weighted by Gasteiger charge is 2.08. The zero-order valence-electron chi connectivity index (χ0n) is 8.42. The van der Waals surface area contributed by atoms with Gasteiger partial charge in [0.05, 0.1) is 11.9 Å². The molecule has 0 amide bonds. The Morgan fingerprint density at radius 3 is 2.93 bits per heavy atom. The van der Waals surface area contributed by atoms with Crippen molar-refractivity contribution in [1.29, 1.82) is 0 Å². The number of H-pyrrole nitrogens is 1. The van der Waals surface area contributed by atoms with Crippen LogP contribution in [-0.4, -0.2) is 17.2 Å². The quantitative estimate of drug-likeness (QED) is 0.896. The molecule has 4 heteroatoms. The number of rotatable bonds is 3. The third-order valence-electron chi connectivity index (χ3n) is 2.23. The van der Waals surface area contributed by atoms with Gasteiger partial charge in [0.15, 0.2) is 0 Å². The molecule has 0 aliphatic rings. The van der Waals surface area contributed by atoms with Gasteiger partial charge in [-0.1, -0.05) is 34.1 Å². The lowest BCUT2D eigenvalue weighted by Crippen LogP contribution is -2.05. The molecule has 0 bridgehead atoms. The van der Waals surface area contributed by atoms with Crippen molar-refractivity contribution in [2.24, 2.45) is 0 Å². The zero-order chi connectivity index (χ0) is 10.7. The number of aromatic amines is 1. The van der Waals surface area contributed by atoms with Crippen LogP contribution in [0.2, 0.25) is 0 Å². The van der Waals surface area contributed by atoms with Crippen molar-refractivity contribution < 1.29 is 0 Å². The molecule has 2 rings (SSSR count). The van der Waals surface area contributed by atoms with Crippen molar-refractivity contribution in [3.8, 4) is 11.3 Å². The number of benzene rings is 1. The third kappa shape index (κ3) is 2.11. The van der Waals surface area contributed by atoms with Crippen LogP contribution >= 0.6 is 15.9 Å². The SMILES string of the molecule is CNCc1cn[nH]c1-c1ccccc1Br. The molecule has 0 aliphatic carbocycles. The normalized spacial score (nSPS) is 10.5. The fraction of sp³-hybridized carbons (Fsp3) is 0.182. The number of hydrogen-bond donors (Lipinski definition) is 2. The van der Waals surface area contributed by atoms with Gasteiger partial charge in [0.25, 0.3) is 0 Å². The Hall–Kier alpha value is -1.13. The summed E-state index contributed by atoms with van der Waals surface area (Å²) in [5, 5.41) is 10.2. The minimum Gasteiger partial charge on any atom is -0.316 e. The Labute approximate surface area is 97.0 Å². The minimum atomic E-state index is 0.813. The van der Waals surface area contributed by atoms with E-state index in [0.717, 1.165) is 22.3 Å². The molecule has 2 N–H and O–H groups in total. The van der Waals surface area contributed by atoms with Crippen molar-refractivity contribution >= 4 is 15.9 Å². The molecule has 0 unspecified atom stereocenters. The second-order valence-corrected chi connectivity index (χ2v) is 4.13. The first-order chi connectivity index (χ1) is 7.33. The molecule has 2 aromatic rings. The number of nitrogens with zero attached hydrogens (tertiary/aromatic N) is 1. The molecule has 78 valence electrons. The minimum absolute atomic E-state index is 0.813. The molecule has 0 spiro atoms. The molecule has 1 aromatic heterocycles. The summed E-state index contributed by atoms with van der Waals surface area (Å²) in [4.78, 5) is 0. The van der Waals surface area contributed by atoms with Crippen LogP contribution in [0.4, 0.5) is 0 Å². The maximum absolute atomic E-state index is 4.07. The van der Waals surface area contributed by atoms with Crippen LogP contribution in [0.5, 0.6) is 0 Å². The molecule has 1 heterocycles. The van der Waals surface area contributed by atoms with E-state index in [1.165, 1.54) is 5.56 Å². The summed E-state index contributed by atoms with van der Waals surface area (Å²) < 4.78 is 1.08. The van der Waals surface area contributed by atoms with Crippen molar-refractivity contribution in [3.05, 3.63) is 40.5 Å². The van der Waals surface area contributed by atoms with E-state index in [-0.39, 0.29) is 0 Å². The number of hydrogen-bond acceptors (Lipinski definition) is 2. The Balaban J connectivity index is 2.45. The molecule has 0 saturated carbocycles. The summed E-state index contributed by atoms with van der Waals surface area (Å²) in [6, 6.07) is 8.11. The highest BCUT2D eigenvalue weighted by molar-refractivity contribution is 9.10. The average Bonchev–Trinajstić information content (AvgIpc) is 2.67. The Bertz CT molecular complexity index is 451.